The lowest BCUT2D eigenvalue weighted by molar-refractivity contribution is -0.155. The van der Waals surface area contributed by atoms with Crippen molar-refractivity contribution < 1.29 is 14.2 Å². The average molecular weight is 254 g/mol. The van der Waals surface area contributed by atoms with Gasteiger partial charge in [0.15, 0.2) is 6.29 Å². The monoisotopic (exact) mass is 254 g/mol. The van der Waals surface area contributed by atoms with Crippen LogP contribution in [-0.4, -0.2) is 31.2 Å². The van der Waals surface area contributed by atoms with Crippen LogP contribution in [0.4, 0.5) is 0 Å². The molecule has 2 aliphatic heterocycles. The number of hydrogen-bond donors (Lipinski definition) is 0. The van der Waals surface area contributed by atoms with Gasteiger partial charge < -0.3 is 14.2 Å². The first-order chi connectivity index (χ1) is 8.58. The van der Waals surface area contributed by atoms with E-state index in [-0.39, 0.29) is 11.9 Å². The molecule has 104 valence electrons. The Labute approximate surface area is 110 Å². The molecule has 0 saturated carbocycles. The highest BCUT2D eigenvalue weighted by atomic mass is 16.7. The molecule has 2 fully saturated rings. The van der Waals surface area contributed by atoms with Crippen LogP contribution < -0.4 is 0 Å². The van der Waals surface area contributed by atoms with Gasteiger partial charge >= 0.3 is 0 Å². The van der Waals surface area contributed by atoms with Crippen LogP contribution in [0.5, 0.6) is 0 Å². The van der Waals surface area contributed by atoms with Crippen molar-refractivity contribution in [1.29, 1.82) is 0 Å². The van der Waals surface area contributed by atoms with E-state index in [2.05, 4.69) is 26.8 Å². The summed E-state index contributed by atoms with van der Waals surface area (Å²) in [6, 6.07) is 0. The summed E-state index contributed by atoms with van der Waals surface area (Å²) in [6.45, 7) is 7.99. The summed E-state index contributed by atoms with van der Waals surface area (Å²) in [7, 11) is 0. The summed E-state index contributed by atoms with van der Waals surface area (Å²) in [5.41, 5.74) is 1.50. The minimum Gasteiger partial charge on any atom is -0.367 e. The van der Waals surface area contributed by atoms with Crippen LogP contribution in [0.3, 0.4) is 0 Å². The van der Waals surface area contributed by atoms with Crippen molar-refractivity contribution in [1.82, 2.24) is 0 Å². The molecular formula is C15H26O3. The van der Waals surface area contributed by atoms with E-state index in [0.717, 1.165) is 25.9 Å². The standard InChI is InChI=1S/C15H26O3/c1-12(7-8-13-15(2,3)18-13)9-11-17-14-6-4-5-10-16-14/h9,13-14H,4-8,10-11H2,1-3H3. The molecule has 0 aliphatic carbocycles. The summed E-state index contributed by atoms with van der Waals surface area (Å²) in [4.78, 5) is 0. The zero-order valence-corrected chi connectivity index (χ0v) is 11.9. The Morgan fingerprint density at radius 3 is 2.78 bits per heavy atom. The normalized spacial score (nSPS) is 31.4. The largest absolute Gasteiger partial charge is 0.367 e. The molecule has 2 atom stereocenters. The van der Waals surface area contributed by atoms with E-state index in [1.54, 1.807) is 0 Å². The second-order valence-corrected chi connectivity index (χ2v) is 5.93. The number of rotatable bonds is 6. The molecule has 0 aromatic heterocycles. The fourth-order valence-electron chi connectivity index (χ4n) is 2.34. The summed E-state index contributed by atoms with van der Waals surface area (Å²) in [5.74, 6) is 0. The van der Waals surface area contributed by atoms with E-state index < -0.39 is 0 Å². The lowest BCUT2D eigenvalue weighted by Crippen LogP contribution is -2.22. The first-order valence-corrected chi connectivity index (χ1v) is 7.14. The van der Waals surface area contributed by atoms with Gasteiger partial charge in [-0.15, -0.1) is 0 Å². The van der Waals surface area contributed by atoms with Gasteiger partial charge in [0.05, 0.1) is 18.3 Å². The molecule has 2 unspecified atom stereocenters. The number of allylic oxidation sites excluding steroid dienone is 1. The molecule has 0 spiro atoms. The molecule has 3 heteroatoms. The predicted octanol–water partition coefficient (Wildman–Crippen LogP) is 3.43. The zero-order valence-electron chi connectivity index (χ0n) is 11.9. The Bertz CT molecular complexity index is 290. The van der Waals surface area contributed by atoms with E-state index in [4.69, 9.17) is 14.2 Å². The molecule has 2 saturated heterocycles. The third kappa shape index (κ3) is 4.38. The van der Waals surface area contributed by atoms with Gasteiger partial charge in [-0.05, 0) is 52.9 Å². The van der Waals surface area contributed by atoms with E-state index >= 15 is 0 Å². The van der Waals surface area contributed by atoms with Gasteiger partial charge in [-0.2, -0.15) is 0 Å². The second-order valence-electron chi connectivity index (χ2n) is 5.93. The summed E-state index contributed by atoms with van der Waals surface area (Å²) < 4.78 is 16.8. The quantitative estimate of drug-likeness (QED) is 0.537. The minimum absolute atomic E-state index is 0.0218. The van der Waals surface area contributed by atoms with Crippen LogP contribution in [0.2, 0.25) is 0 Å². The second kappa shape index (κ2) is 6.18. The lowest BCUT2D eigenvalue weighted by atomic mass is 10.0. The first-order valence-electron chi connectivity index (χ1n) is 7.14. The third-order valence-electron chi connectivity index (χ3n) is 3.82. The Hall–Kier alpha value is -0.380. The number of ether oxygens (including phenoxy) is 3. The zero-order chi connectivity index (χ0) is 13.0. The van der Waals surface area contributed by atoms with Gasteiger partial charge in [-0.3, -0.25) is 0 Å². The molecule has 2 heterocycles. The van der Waals surface area contributed by atoms with Crippen molar-refractivity contribution in [3.8, 4) is 0 Å². The Balaban J connectivity index is 1.57. The molecule has 0 aromatic carbocycles. The van der Waals surface area contributed by atoms with E-state index in [1.165, 1.54) is 18.4 Å². The Morgan fingerprint density at radius 1 is 1.39 bits per heavy atom. The Kier molecular flexibility index (Phi) is 4.82. The molecule has 0 aromatic rings. The highest BCUT2D eigenvalue weighted by Crippen LogP contribution is 2.38. The molecule has 2 aliphatic rings. The maximum atomic E-state index is 5.69. The molecule has 18 heavy (non-hydrogen) atoms. The maximum Gasteiger partial charge on any atom is 0.157 e. The summed E-state index contributed by atoms with van der Waals surface area (Å²) >= 11 is 0. The van der Waals surface area contributed by atoms with Crippen molar-refractivity contribution >= 4 is 0 Å². The molecule has 0 N–H and O–H groups in total. The summed E-state index contributed by atoms with van der Waals surface area (Å²) in [6.07, 6.45) is 8.30. The van der Waals surface area contributed by atoms with Gasteiger partial charge in [0, 0.05) is 6.61 Å². The fraction of sp³-hybridized carbons (Fsp3) is 0.867. The fourth-order valence-corrected chi connectivity index (χ4v) is 2.34. The van der Waals surface area contributed by atoms with Crippen molar-refractivity contribution in [3.05, 3.63) is 11.6 Å². The van der Waals surface area contributed by atoms with E-state index in [1.807, 2.05) is 0 Å². The van der Waals surface area contributed by atoms with Crippen LogP contribution in [-0.2, 0) is 14.2 Å². The van der Waals surface area contributed by atoms with Crippen LogP contribution in [0.15, 0.2) is 11.6 Å². The topological polar surface area (TPSA) is 31.0 Å². The Morgan fingerprint density at radius 2 is 2.17 bits per heavy atom. The highest BCUT2D eigenvalue weighted by molar-refractivity contribution is 5.02. The van der Waals surface area contributed by atoms with Gasteiger partial charge in [-0.25, -0.2) is 0 Å². The third-order valence-corrected chi connectivity index (χ3v) is 3.82. The molecule has 0 bridgehead atoms. The van der Waals surface area contributed by atoms with Crippen molar-refractivity contribution in [2.24, 2.45) is 0 Å². The smallest absolute Gasteiger partial charge is 0.157 e. The van der Waals surface area contributed by atoms with Gasteiger partial charge in [-0.1, -0.05) is 11.6 Å². The molecular weight excluding hydrogens is 228 g/mol. The molecule has 2 rings (SSSR count). The van der Waals surface area contributed by atoms with E-state index in [0.29, 0.717) is 12.7 Å². The van der Waals surface area contributed by atoms with Gasteiger partial charge in [0.25, 0.3) is 0 Å². The molecule has 0 radical (unpaired) electrons. The molecule has 0 amide bonds. The van der Waals surface area contributed by atoms with Crippen molar-refractivity contribution in [2.75, 3.05) is 13.2 Å². The lowest BCUT2D eigenvalue weighted by Gasteiger charge is -2.22. The number of epoxide rings is 1. The van der Waals surface area contributed by atoms with Gasteiger partial charge in [0.2, 0.25) is 0 Å². The summed E-state index contributed by atoms with van der Waals surface area (Å²) in [5, 5.41) is 0. The highest BCUT2D eigenvalue weighted by Gasteiger charge is 2.46. The van der Waals surface area contributed by atoms with Crippen LogP contribution >= 0.6 is 0 Å². The van der Waals surface area contributed by atoms with Crippen molar-refractivity contribution in [3.63, 3.8) is 0 Å². The van der Waals surface area contributed by atoms with Gasteiger partial charge in [0.1, 0.15) is 0 Å². The van der Waals surface area contributed by atoms with E-state index in [9.17, 15) is 0 Å². The minimum atomic E-state index is 0.0218. The SMILES string of the molecule is CC(=CCOC1CCCCO1)CCC1OC1(C)C. The average Bonchev–Trinajstić information content (AvgIpc) is 2.96. The van der Waals surface area contributed by atoms with Crippen molar-refractivity contribution in [2.45, 2.75) is 70.9 Å². The maximum absolute atomic E-state index is 5.69. The van der Waals surface area contributed by atoms with Crippen LogP contribution in [0.25, 0.3) is 0 Å². The van der Waals surface area contributed by atoms with Crippen LogP contribution in [0, 0.1) is 0 Å². The van der Waals surface area contributed by atoms with Crippen LogP contribution in [0.1, 0.15) is 52.9 Å². The first kappa shape index (κ1) is 14.0. The number of hydrogen-bond acceptors (Lipinski definition) is 3. The molecule has 3 nitrogen and oxygen atoms in total. The predicted molar refractivity (Wildman–Crippen MR) is 71.5 cm³/mol.